The van der Waals surface area contributed by atoms with E-state index in [0.717, 1.165) is 66.5 Å². The first-order chi connectivity index (χ1) is 18.5. The van der Waals surface area contributed by atoms with Crippen molar-refractivity contribution in [1.29, 1.82) is 0 Å². The Morgan fingerprint density at radius 2 is 1.23 bits per heavy atom. The van der Waals surface area contributed by atoms with Crippen molar-refractivity contribution in [2.24, 2.45) is 0 Å². The van der Waals surface area contributed by atoms with E-state index in [1.165, 1.54) is 37.7 Å². The van der Waals surface area contributed by atoms with Gasteiger partial charge in [0.25, 0.3) is 0 Å². The Morgan fingerprint density at radius 1 is 0.744 bits per heavy atom. The van der Waals surface area contributed by atoms with Gasteiger partial charge in [-0.3, -0.25) is 0 Å². The highest BCUT2D eigenvalue weighted by atomic mass is 16.5. The molecule has 1 saturated carbocycles. The highest BCUT2D eigenvalue weighted by Crippen LogP contribution is 2.41. The molecule has 39 heavy (non-hydrogen) atoms. The second-order valence-corrected chi connectivity index (χ2v) is 13.0. The molecule has 0 radical (unpaired) electrons. The molecule has 3 rings (SSSR count). The van der Waals surface area contributed by atoms with Crippen LogP contribution in [0.2, 0.25) is 0 Å². The average molecular weight is 539 g/mol. The summed E-state index contributed by atoms with van der Waals surface area (Å²) < 4.78 is 6.19. The number of hydrogen-bond donors (Lipinski definition) is 3. The van der Waals surface area contributed by atoms with Gasteiger partial charge in [0.2, 0.25) is 0 Å². The van der Waals surface area contributed by atoms with Crippen LogP contribution in [0.25, 0.3) is 0 Å². The monoisotopic (exact) mass is 538 g/mol. The lowest BCUT2D eigenvalue weighted by atomic mass is 9.78. The van der Waals surface area contributed by atoms with Gasteiger partial charge >= 0.3 is 0 Å². The maximum atomic E-state index is 11.5. The van der Waals surface area contributed by atoms with E-state index in [-0.39, 0.29) is 17.4 Å². The molecule has 218 valence electrons. The zero-order chi connectivity index (χ0) is 28.6. The Morgan fingerprint density at radius 3 is 1.69 bits per heavy atom. The number of aryl methyl sites for hydroxylation is 2. The molecule has 2 aromatic carbocycles. The summed E-state index contributed by atoms with van der Waals surface area (Å²) in [5.74, 6) is 0.678. The van der Waals surface area contributed by atoms with Gasteiger partial charge in [0.15, 0.2) is 0 Å². The molecule has 0 atom stereocenters. The van der Waals surface area contributed by atoms with Gasteiger partial charge in [-0.25, -0.2) is 0 Å². The van der Waals surface area contributed by atoms with Gasteiger partial charge in [-0.2, -0.15) is 0 Å². The summed E-state index contributed by atoms with van der Waals surface area (Å²) in [6, 6.07) is 8.49. The van der Waals surface area contributed by atoms with Gasteiger partial charge < -0.3 is 20.1 Å². The van der Waals surface area contributed by atoms with Crippen LogP contribution in [-0.2, 0) is 34.8 Å². The summed E-state index contributed by atoms with van der Waals surface area (Å²) in [5.41, 5.74) is 5.65. The second kappa shape index (κ2) is 14.0. The molecule has 1 aliphatic carbocycles. The first-order valence-electron chi connectivity index (χ1n) is 15.4. The number of benzene rings is 2. The third-order valence-electron chi connectivity index (χ3n) is 9.24. The van der Waals surface area contributed by atoms with Crippen molar-refractivity contribution in [2.75, 3.05) is 13.2 Å². The van der Waals surface area contributed by atoms with Gasteiger partial charge in [-0.05, 0) is 84.5 Å². The zero-order valence-corrected chi connectivity index (χ0v) is 25.5. The fourth-order valence-electron chi connectivity index (χ4n) is 5.74. The summed E-state index contributed by atoms with van der Waals surface area (Å²) in [7, 11) is 0. The molecule has 0 unspecified atom stereocenters. The highest BCUT2D eigenvalue weighted by molar-refractivity contribution is 5.53. The molecular weight excluding hydrogens is 484 g/mol. The summed E-state index contributed by atoms with van der Waals surface area (Å²) in [4.78, 5) is 0. The van der Waals surface area contributed by atoms with Crippen LogP contribution in [0.1, 0.15) is 133 Å². The van der Waals surface area contributed by atoms with Gasteiger partial charge in [-0.1, -0.05) is 85.1 Å². The summed E-state index contributed by atoms with van der Waals surface area (Å²) >= 11 is 0. The topological polar surface area (TPSA) is 69.9 Å². The fourth-order valence-corrected chi connectivity index (χ4v) is 5.74. The summed E-state index contributed by atoms with van der Waals surface area (Å²) in [6.07, 6.45) is 12.3. The standard InChI is InChI=1S/C35H54O4/c1-7-34(3,4)30-22-25(14-12-18-36)20-27(32(30)37)24-28-21-26(23-31(33(28)38)35(5,6)8-2)15-13-19-39-29-16-10-9-11-17-29/h20-23,29,36-38H,7-19,24H2,1-6H3. The van der Waals surface area contributed by atoms with Crippen LogP contribution in [-0.4, -0.2) is 34.6 Å². The van der Waals surface area contributed by atoms with Crippen molar-refractivity contribution >= 4 is 0 Å². The normalized spacial score (nSPS) is 15.2. The quantitative estimate of drug-likeness (QED) is 0.212. The molecule has 0 heterocycles. The number of aliphatic hydroxyl groups excluding tert-OH is 1. The number of phenols is 2. The predicted octanol–water partition coefficient (Wildman–Crippen LogP) is 8.27. The molecule has 2 aromatic rings. The number of aliphatic hydroxyl groups is 1. The minimum Gasteiger partial charge on any atom is -0.507 e. The van der Waals surface area contributed by atoms with Gasteiger partial charge in [0, 0.05) is 30.8 Å². The highest BCUT2D eigenvalue weighted by Gasteiger charge is 2.27. The van der Waals surface area contributed by atoms with E-state index in [4.69, 9.17) is 4.74 Å². The van der Waals surface area contributed by atoms with Crippen LogP contribution in [0.15, 0.2) is 24.3 Å². The Kier molecular flexibility index (Phi) is 11.3. The van der Waals surface area contributed by atoms with Crippen molar-refractivity contribution in [1.82, 2.24) is 0 Å². The molecular formula is C35H54O4. The number of hydrogen-bond acceptors (Lipinski definition) is 4. The van der Waals surface area contributed by atoms with Crippen LogP contribution in [0.4, 0.5) is 0 Å². The number of ether oxygens (including phenoxy) is 1. The molecule has 4 nitrogen and oxygen atoms in total. The molecule has 1 aliphatic rings. The Labute approximate surface area is 237 Å². The van der Waals surface area contributed by atoms with E-state index >= 15 is 0 Å². The van der Waals surface area contributed by atoms with E-state index in [9.17, 15) is 15.3 Å². The number of aromatic hydroxyl groups is 2. The van der Waals surface area contributed by atoms with Gasteiger partial charge in [0.05, 0.1) is 6.10 Å². The lowest BCUT2D eigenvalue weighted by molar-refractivity contribution is 0.0273. The molecule has 0 bridgehead atoms. The van der Waals surface area contributed by atoms with Crippen LogP contribution >= 0.6 is 0 Å². The summed E-state index contributed by atoms with van der Waals surface area (Å²) in [5, 5.41) is 32.4. The molecule has 0 aliphatic heterocycles. The third kappa shape index (κ3) is 8.24. The Hall–Kier alpha value is -2.04. The van der Waals surface area contributed by atoms with Crippen molar-refractivity contribution in [3.8, 4) is 11.5 Å². The molecule has 0 amide bonds. The Balaban J connectivity index is 1.93. The van der Waals surface area contributed by atoms with Gasteiger partial charge in [0.1, 0.15) is 11.5 Å². The van der Waals surface area contributed by atoms with Crippen LogP contribution in [0, 0.1) is 0 Å². The smallest absolute Gasteiger partial charge is 0.122 e. The third-order valence-corrected chi connectivity index (χ3v) is 9.24. The fraction of sp³-hybridized carbons (Fsp3) is 0.657. The lowest BCUT2D eigenvalue weighted by Gasteiger charge is -2.28. The largest absolute Gasteiger partial charge is 0.507 e. The van der Waals surface area contributed by atoms with E-state index in [2.05, 4.69) is 65.8 Å². The lowest BCUT2D eigenvalue weighted by Crippen LogP contribution is -2.18. The van der Waals surface area contributed by atoms with Crippen molar-refractivity contribution in [3.05, 3.63) is 57.6 Å². The van der Waals surface area contributed by atoms with E-state index in [1.54, 1.807) is 0 Å². The molecule has 3 N–H and O–H groups in total. The van der Waals surface area contributed by atoms with E-state index in [0.29, 0.717) is 30.4 Å². The summed E-state index contributed by atoms with van der Waals surface area (Å²) in [6.45, 7) is 13.9. The first kappa shape index (κ1) is 31.5. The number of phenolic OH excluding ortho intramolecular Hbond substituents is 2. The molecule has 1 fully saturated rings. The maximum absolute atomic E-state index is 11.5. The van der Waals surface area contributed by atoms with Gasteiger partial charge in [-0.15, -0.1) is 0 Å². The molecule has 0 aromatic heterocycles. The average Bonchev–Trinajstić information content (AvgIpc) is 2.93. The number of rotatable bonds is 14. The second-order valence-electron chi connectivity index (χ2n) is 13.0. The van der Waals surface area contributed by atoms with Crippen molar-refractivity contribution in [3.63, 3.8) is 0 Å². The van der Waals surface area contributed by atoms with Crippen LogP contribution in [0.3, 0.4) is 0 Å². The predicted molar refractivity (Wildman–Crippen MR) is 162 cm³/mol. The van der Waals surface area contributed by atoms with Crippen LogP contribution < -0.4 is 0 Å². The Bertz CT molecular complexity index is 1060. The van der Waals surface area contributed by atoms with Crippen LogP contribution in [0.5, 0.6) is 11.5 Å². The van der Waals surface area contributed by atoms with E-state index < -0.39 is 0 Å². The van der Waals surface area contributed by atoms with Crippen molar-refractivity contribution in [2.45, 2.75) is 136 Å². The zero-order valence-electron chi connectivity index (χ0n) is 25.5. The SMILES string of the molecule is CCC(C)(C)c1cc(CCCO)cc(Cc2cc(CCCOC3CCCCC3)cc(C(C)(C)CC)c2O)c1O. The minimum atomic E-state index is -0.175. The maximum Gasteiger partial charge on any atom is 0.122 e. The van der Waals surface area contributed by atoms with Crippen molar-refractivity contribution < 1.29 is 20.1 Å². The molecule has 0 saturated heterocycles. The molecule has 0 spiro atoms. The first-order valence-corrected chi connectivity index (χ1v) is 15.4. The van der Waals surface area contributed by atoms with E-state index in [1.807, 2.05) is 0 Å². The molecule has 4 heteroatoms. The minimum absolute atomic E-state index is 0.144.